The number of fused-ring (bicyclic) bond motifs is 4. The lowest BCUT2D eigenvalue weighted by Gasteiger charge is -2.42. The fourth-order valence-electron chi connectivity index (χ4n) is 4.34. The summed E-state index contributed by atoms with van der Waals surface area (Å²) in [5.41, 5.74) is 2.25. The molecule has 1 saturated heterocycles. The highest BCUT2D eigenvalue weighted by Crippen LogP contribution is 2.35. The van der Waals surface area contributed by atoms with E-state index in [0.29, 0.717) is 30.1 Å². The predicted octanol–water partition coefficient (Wildman–Crippen LogP) is 2.52. The molecule has 0 saturated carbocycles. The lowest BCUT2D eigenvalue weighted by Crippen LogP contribution is -2.46. The fraction of sp³-hybridized carbons (Fsp3) is 0.350. The molecule has 2 bridgehead atoms. The Hall–Kier alpha value is -2.73. The summed E-state index contributed by atoms with van der Waals surface area (Å²) in [6, 6.07) is 15.5. The molecule has 1 aromatic carbocycles. The van der Waals surface area contributed by atoms with Crippen molar-refractivity contribution in [2.24, 2.45) is 5.92 Å². The van der Waals surface area contributed by atoms with E-state index < -0.39 is 0 Å². The van der Waals surface area contributed by atoms with Crippen molar-refractivity contribution in [3.05, 3.63) is 70.5 Å². The Morgan fingerprint density at radius 1 is 1.04 bits per heavy atom. The van der Waals surface area contributed by atoms with Gasteiger partial charge in [-0.05, 0) is 18.4 Å². The Morgan fingerprint density at radius 2 is 1.92 bits per heavy atom. The summed E-state index contributed by atoms with van der Waals surface area (Å²) in [6.45, 7) is 3.34. The Kier molecular flexibility index (Phi) is 3.71. The topological polar surface area (TPSA) is 64.2 Å². The van der Waals surface area contributed by atoms with Crippen molar-refractivity contribution in [1.29, 1.82) is 0 Å². The predicted molar refractivity (Wildman–Crippen MR) is 96.6 cm³/mol. The summed E-state index contributed by atoms with van der Waals surface area (Å²) >= 11 is 0. The molecule has 5 rings (SSSR count). The van der Waals surface area contributed by atoms with Gasteiger partial charge in [0.1, 0.15) is 0 Å². The molecule has 2 atom stereocenters. The molecule has 0 unspecified atom stereocenters. The molecule has 6 nitrogen and oxygen atoms in total. The summed E-state index contributed by atoms with van der Waals surface area (Å²) < 4.78 is 7.43. The van der Waals surface area contributed by atoms with Gasteiger partial charge in [-0.25, -0.2) is 0 Å². The van der Waals surface area contributed by atoms with Crippen LogP contribution in [0.25, 0.3) is 11.4 Å². The number of benzene rings is 1. The smallest absolute Gasteiger partial charge is 0.250 e. The average molecular weight is 348 g/mol. The van der Waals surface area contributed by atoms with E-state index in [1.54, 1.807) is 6.07 Å². The SMILES string of the molecule is O=c1cccc2n1C[C@@H]1C[C@H]2CN(Cc2nc(-c3ccccc3)no2)C1. The maximum absolute atomic E-state index is 12.1. The quantitative estimate of drug-likeness (QED) is 0.728. The molecule has 26 heavy (non-hydrogen) atoms. The van der Waals surface area contributed by atoms with Gasteiger partial charge >= 0.3 is 0 Å². The number of nitrogens with zero attached hydrogens (tertiary/aromatic N) is 4. The molecule has 0 aliphatic carbocycles. The molecule has 0 spiro atoms. The Bertz CT molecular complexity index is 979. The minimum atomic E-state index is 0.120. The number of likely N-dealkylation sites (tertiary alicyclic amines) is 1. The van der Waals surface area contributed by atoms with Gasteiger partial charge in [0.2, 0.25) is 11.7 Å². The van der Waals surface area contributed by atoms with Crippen molar-refractivity contribution in [3.63, 3.8) is 0 Å². The van der Waals surface area contributed by atoms with Crippen molar-refractivity contribution in [3.8, 4) is 11.4 Å². The third-order valence-electron chi connectivity index (χ3n) is 5.41. The van der Waals surface area contributed by atoms with E-state index in [1.165, 1.54) is 0 Å². The molecular formula is C20H20N4O2. The van der Waals surface area contributed by atoms with Gasteiger partial charge in [0, 0.05) is 42.9 Å². The van der Waals surface area contributed by atoms with E-state index in [1.807, 2.05) is 41.0 Å². The fourth-order valence-corrected chi connectivity index (χ4v) is 4.34. The molecule has 0 amide bonds. The zero-order valence-corrected chi connectivity index (χ0v) is 14.4. The summed E-state index contributed by atoms with van der Waals surface area (Å²) in [7, 11) is 0. The van der Waals surface area contributed by atoms with E-state index in [0.717, 1.165) is 37.3 Å². The molecule has 0 N–H and O–H groups in total. The normalized spacial score (nSPS) is 22.2. The maximum Gasteiger partial charge on any atom is 0.250 e. The lowest BCUT2D eigenvalue weighted by molar-refractivity contribution is 0.104. The van der Waals surface area contributed by atoms with Crippen molar-refractivity contribution < 1.29 is 4.52 Å². The monoisotopic (exact) mass is 348 g/mol. The first-order valence-corrected chi connectivity index (χ1v) is 9.06. The van der Waals surface area contributed by atoms with Crippen LogP contribution in [0, 0.1) is 5.92 Å². The van der Waals surface area contributed by atoms with Gasteiger partial charge in [0.05, 0.1) is 6.54 Å². The van der Waals surface area contributed by atoms with Crippen LogP contribution < -0.4 is 5.56 Å². The Balaban J connectivity index is 1.34. The van der Waals surface area contributed by atoms with Gasteiger partial charge in [0.15, 0.2) is 0 Å². The van der Waals surface area contributed by atoms with Crippen molar-refractivity contribution in [2.45, 2.75) is 25.4 Å². The first kappa shape index (κ1) is 15.5. The van der Waals surface area contributed by atoms with E-state index >= 15 is 0 Å². The van der Waals surface area contributed by atoms with Crippen LogP contribution in [-0.4, -0.2) is 32.7 Å². The van der Waals surface area contributed by atoms with Gasteiger partial charge < -0.3 is 9.09 Å². The summed E-state index contributed by atoms with van der Waals surface area (Å²) in [5.74, 6) is 2.18. The highest BCUT2D eigenvalue weighted by atomic mass is 16.5. The molecular weight excluding hydrogens is 328 g/mol. The molecule has 4 heterocycles. The number of rotatable bonds is 3. The minimum absolute atomic E-state index is 0.120. The maximum atomic E-state index is 12.1. The molecule has 3 aromatic rings. The Morgan fingerprint density at radius 3 is 2.81 bits per heavy atom. The number of hydrogen-bond acceptors (Lipinski definition) is 5. The minimum Gasteiger partial charge on any atom is -0.338 e. The van der Waals surface area contributed by atoms with Crippen LogP contribution in [-0.2, 0) is 13.1 Å². The highest BCUT2D eigenvalue weighted by molar-refractivity contribution is 5.53. The average Bonchev–Trinajstić information content (AvgIpc) is 3.12. The van der Waals surface area contributed by atoms with Crippen LogP contribution in [0.4, 0.5) is 0 Å². The van der Waals surface area contributed by atoms with Crippen LogP contribution in [0.5, 0.6) is 0 Å². The molecule has 2 aliphatic heterocycles. The second kappa shape index (κ2) is 6.21. The van der Waals surface area contributed by atoms with Gasteiger partial charge in [-0.1, -0.05) is 41.6 Å². The first-order chi connectivity index (χ1) is 12.8. The number of piperidine rings is 1. The first-order valence-electron chi connectivity index (χ1n) is 9.06. The highest BCUT2D eigenvalue weighted by Gasteiger charge is 2.34. The number of pyridine rings is 1. The largest absolute Gasteiger partial charge is 0.338 e. The van der Waals surface area contributed by atoms with Crippen molar-refractivity contribution >= 4 is 0 Å². The van der Waals surface area contributed by atoms with E-state index in [9.17, 15) is 4.79 Å². The third-order valence-corrected chi connectivity index (χ3v) is 5.41. The zero-order chi connectivity index (χ0) is 17.5. The second-order valence-corrected chi connectivity index (χ2v) is 7.27. The lowest BCUT2D eigenvalue weighted by atomic mass is 9.83. The van der Waals surface area contributed by atoms with Crippen molar-refractivity contribution in [1.82, 2.24) is 19.6 Å². The summed E-state index contributed by atoms with van der Waals surface area (Å²) in [5, 5.41) is 4.11. The van der Waals surface area contributed by atoms with Gasteiger partial charge in [-0.2, -0.15) is 4.98 Å². The molecule has 6 heteroatoms. The van der Waals surface area contributed by atoms with Gasteiger partial charge in [-0.3, -0.25) is 9.69 Å². The van der Waals surface area contributed by atoms with Crippen LogP contribution in [0.2, 0.25) is 0 Å². The van der Waals surface area contributed by atoms with Gasteiger partial charge in [-0.15, -0.1) is 0 Å². The third kappa shape index (κ3) is 2.76. The summed E-state index contributed by atoms with van der Waals surface area (Å²) in [6.07, 6.45) is 1.15. The van der Waals surface area contributed by atoms with E-state index in [2.05, 4.69) is 21.1 Å². The molecule has 2 aromatic heterocycles. The number of aromatic nitrogens is 3. The second-order valence-electron chi connectivity index (χ2n) is 7.27. The zero-order valence-electron chi connectivity index (χ0n) is 14.4. The molecule has 132 valence electrons. The van der Waals surface area contributed by atoms with Crippen LogP contribution in [0.15, 0.2) is 57.8 Å². The number of hydrogen-bond donors (Lipinski definition) is 0. The standard InChI is InChI=1S/C20H20N4O2/c25-19-8-4-7-17-16-9-14(11-24(17)19)10-23(12-16)13-18-21-20(22-26-18)15-5-2-1-3-6-15/h1-8,14,16H,9-13H2/t14-,16+/m1/s1. The van der Waals surface area contributed by atoms with Crippen LogP contribution >= 0.6 is 0 Å². The summed E-state index contributed by atoms with van der Waals surface area (Å²) in [4.78, 5) is 19.1. The van der Waals surface area contributed by atoms with Crippen LogP contribution in [0.1, 0.15) is 23.9 Å². The van der Waals surface area contributed by atoms with Gasteiger partial charge in [0.25, 0.3) is 5.56 Å². The Labute approximate surface area is 151 Å². The molecule has 2 aliphatic rings. The molecule has 1 fully saturated rings. The van der Waals surface area contributed by atoms with E-state index in [4.69, 9.17) is 4.52 Å². The van der Waals surface area contributed by atoms with E-state index in [-0.39, 0.29) is 5.56 Å². The van der Waals surface area contributed by atoms with Crippen molar-refractivity contribution in [2.75, 3.05) is 13.1 Å². The van der Waals surface area contributed by atoms with Crippen LogP contribution in [0.3, 0.4) is 0 Å². The molecule has 0 radical (unpaired) electrons.